The third-order valence-electron chi connectivity index (χ3n) is 2.47. The van der Waals surface area contributed by atoms with Gasteiger partial charge >= 0.3 is 5.97 Å². The number of nitrogens with one attached hydrogen (secondary N) is 1. The fraction of sp³-hybridized carbons (Fsp3) is 0.889. The van der Waals surface area contributed by atoms with Gasteiger partial charge in [0.15, 0.2) is 0 Å². The van der Waals surface area contributed by atoms with Crippen molar-refractivity contribution in [3.05, 3.63) is 0 Å². The molecule has 0 aromatic rings. The molecule has 76 valence electrons. The Labute approximate surface area is 78.3 Å². The molecule has 4 heteroatoms. The second kappa shape index (κ2) is 4.58. The number of hydrogen-bond donors (Lipinski definition) is 2. The summed E-state index contributed by atoms with van der Waals surface area (Å²) in [5.74, 6) is -0.660. The first-order valence-corrected chi connectivity index (χ1v) is 4.64. The number of rotatable bonds is 7. The molecule has 1 aliphatic rings. The topological polar surface area (TPSA) is 58.6 Å². The third-order valence-corrected chi connectivity index (χ3v) is 2.47. The zero-order valence-electron chi connectivity index (χ0n) is 8.01. The summed E-state index contributed by atoms with van der Waals surface area (Å²) >= 11 is 0. The van der Waals surface area contributed by atoms with Crippen LogP contribution in [-0.2, 0) is 9.53 Å². The highest BCUT2D eigenvalue weighted by Crippen LogP contribution is 2.45. The van der Waals surface area contributed by atoms with Crippen molar-refractivity contribution in [3.63, 3.8) is 0 Å². The van der Waals surface area contributed by atoms with E-state index in [9.17, 15) is 4.79 Å². The predicted molar refractivity (Wildman–Crippen MR) is 48.7 cm³/mol. The van der Waals surface area contributed by atoms with E-state index in [0.717, 1.165) is 32.4 Å². The molecule has 2 N–H and O–H groups in total. The highest BCUT2D eigenvalue weighted by Gasteiger charge is 2.49. The highest BCUT2D eigenvalue weighted by molar-refractivity contribution is 5.78. The van der Waals surface area contributed by atoms with E-state index in [1.165, 1.54) is 0 Å². The van der Waals surface area contributed by atoms with E-state index in [-0.39, 0.29) is 0 Å². The minimum atomic E-state index is -0.660. The summed E-state index contributed by atoms with van der Waals surface area (Å²) in [6.07, 6.45) is 2.57. The van der Waals surface area contributed by atoms with Crippen molar-refractivity contribution in [1.82, 2.24) is 5.32 Å². The van der Waals surface area contributed by atoms with Gasteiger partial charge in [-0.3, -0.25) is 4.79 Å². The van der Waals surface area contributed by atoms with Crippen LogP contribution in [0, 0.1) is 5.41 Å². The Kier molecular flexibility index (Phi) is 3.69. The largest absolute Gasteiger partial charge is 0.481 e. The van der Waals surface area contributed by atoms with Crippen LogP contribution in [-0.4, -0.2) is 37.9 Å². The molecule has 1 saturated carbocycles. The monoisotopic (exact) mass is 187 g/mol. The van der Waals surface area contributed by atoms with E-state index in [1.54, 1.807) is 7.11 Å². The Morgan fingerprint density at radius 2 is 2.31 bits per heavy atom. The van der Waals surface area contributed by atoms with Gasteiger partial charge < -0.3 is 15.2 Å². The van der Waals surface area contributed by atoms with E-state index in [0.29, 0.717) is 6.54 Å². The van der Waals surface area contributed by atoms with E-state index in [4.69, 9.17) is 9.84 Å². The first kappa shape index (κ1) is 10.5. The lowest BCUT2D eigenvalue weighted by Gasteiger charge is -2.10. The second-order valence-electron chi connectivity index (χ2n) is 3.61. The number of carbonyl (C=O) groups is 1. The molecule has 1 rings (SSSR count). The van der Waals surface area contributed by atoms with Crippen LogP contribution in [0.5, 0.6) is 0 Å². The van der Waals surface area contributed by atoms with Crippen molar-refractivity contribution in [2.45, 2.75) is 19.3 Å². The fourth-order valence-corrected chi connectivity index (χ4v) is 1.29. The molecule has 0 atom stereocenters. The van der Waals surface area contributed by atoms with E-state index >= 15 is 0 Å². The quantitative estimate of drug-likeness (QED) is 0.569. The Hall–Kier alpha value is -0.610. The zero-order valence-corrected chi connectivity index (χ0v) is 8.01. The van der Waals surface area contributed by atoms with Crippen LogP contribution in [0.25, 0.3) is 0 Å². The molecule has 0 unspecified atom stereocenters. The van der Waals surface area contributed by atoms with Crippen molar-refractivity contribution in [2.24, 2.45) is 5.41 Å². The predicted octanol–water partition coefficient (Wildman–Crippen LogP) is 0.477. The summed E-state index contributed by atoms with van der Waals surface area (Å²) in [5.41, 5.74) is -0.437. The summed E-state index contributed by atoms with van der Waals surface area (Å²) in [5, 5.41) is 12.0. The van der Waals surface area contributed by atoms with Crippen LogP contribution >= 0.6 is 0 Å². The van der Waals surface area contributed by atoms with Crippen LogP contribution in [0.4, 0.5) is 0 Å². The second-order valence-corrected chi connectivity index (χ2v) is 3.61. The Bertz CT molecular complexity index is 178. The molecule has 0 aliphatic heterocycles. The lowest BCUT2D eigenvalue weighted by atomic mass is 10.1. The van der Waals surface area contributed by atoms with Gasteiger partial charge in [0.25, 0.3) is 0 Å². The Morgan fingerprint density at radius 1 is 1.62 bits per heavy atom. The summed E-state index contributed by atoms with van der Waals surface area (Å²) in [6, 6.07) is 0. The number of ether oxygens (including phenoxy) is 1. The first-order chi connectivity index (χ1) is 6.21. The molecule has 0 heterocycles. The Morgan fingerprint density at radius 3 is 2.77 bits per heavy atom. The molecule has 0 spiro atoms. The van der Waals surface area contributed by atoms with E-state index < -0.39 is 11.4 Å². The molecule has 13 heavy (non-hydrogen) atoms. The highest BCUT2D eigenvalue weighted by atomic mass is 16.5. The minimum Gasteiger partial charge on any atom is -0.481 e. The molecule has 1 fully saturated rings. The van der Waals surface area contributed by atoms with Crippen LogP contribution in [0.15, 0.2) is 0 Å². The summed E-state index contributed by atoms with van der Waals surface area (Å²) < 4.78 is 4.88. The molecule has 0 aromatic heterocycles. The average Bonchev–Trinajstić information content (AvgIpc) is 2.85. The molecule has 4 nitrogen and oxygen atoms in total. The van der Waals surface area contributed by atoms with Gasteiger partial charge in [-0.05, 0) is 25.8 Å². The van der Waals surface area contributed by atoms with Gasteiger partial charge in [-0.25, -0.2) is 0 Å². The summed E-state index contributed by atoms with van der Waals surface area (Å²) in [4.78, 5) is 10.7. The number of aliphatic carboxylic acids is 1. The number of hydrogen-bond acceptors (Lipinski definition) is 3. The molecule has 0 radical (unpaired) electrons. The van der Waals surface area contributed by atoms with Crippen molar-refractivity contribution in [1.29, 1.82) is 0 Å². The molecular weight excluding hydrogens is 170 g/mol. The fourth-order valence-electron chi connectivity index (χ4n) is 1.29. The third kappa shape index (κ3) is 2.97. The Balaban J connectivity index is 2.03. The van der Waals surface area contributed by atoms with Crippen LogP contribution in [0.2, 0.25) is 0 Å². The number of carboxylic acid groups (broad SMARTS) is 1. The molecule has 0 aromatic carbocycles. The van der Waals surface area contributed by atoms with Crippen molar-refractivity contribution >= 4 is 5.97 Å². The lowest BCUT2D eigenvalue weighted by Crippen LogP contribution is -2.30. The normalized spacial score (nSPS) is 18.5. The van der Waals surface area contributed by atoms with Gasteiger partial charge in [0.2, 0.25) is 0 Å². The lowest BCUT2D eigenvalue weighted by molar-refractivity contribution is -0.143. The molecule has 0 saturated heterocycles. The van der Waals surface area contributed by atoms with Gasteiger partial charge in [0.1, 0.15) is 0 Å². The van der Waals surface area contributed by atoms with Crippen LogP contribution in [0.3, 0.4) is 0 Å². The van der Waals surface area contributed by atoms with Crippen LogP contribution in [0.1, 0.15) is 19.3 Å². The van der Waals surface area contributed by atoms with E-state index in [2.05, 4.69) is 5.32 Å². The van der Waals surface area contributed by atoms with Gasteiger partial charge in [-0.1, -0.05) is 0 Å². The molecule has 0 amide bonds. The first-order valence-electron chi connectivity index (χ1n) is 4.64. The summed E-state index contributed by atoms with van der Waals surface area (Å²) in [7, 11) is 1.67. The maximum atomic E-state index is 10.7. The van der Waals surface area contributed by atoms with Crippen LogP contribution < -0.4 is 5.32 Å². The van der Waals surface area contributed by atoms with Gasteiger partial charge in [-0.15, -0.1) is 0 Å². The molecule has 1 aliphatic carbocycles. The number of methoxy groups -OCH3 is 1. The molecule has 0 bridgehead atoms. The zero-order chi connectivity index (χ0) is 9.73. The van der Waals surface area contributed by atoms with Crippen molar-refractivity contribution in [3.8, 4) is 0 Å². The van der Waals surface area contributed by atoms with Crippen molar-refractivity contribution < 1.29 is 14.6 Å². The maximum absolute atomic E-state index is 10.7. The van der Waals surface area contributed by atoms with Gasteiger partial charge in [-0.2, -0.15) is 0 Å². The van der Waals surface area contributed by atoms with Gasteiger partial charge in [0.05, 0.1) is 5.41 Å². The smallest absolute Gasteiger partial charge is 0.310 e. The maximum Gasteiger partial charge on any atom is 0.310 e. The minimum absolute atomic E-state index is 0.437. The van der Waals surface area contributed by atoms with Crippen molar-refractivity contribution in [2.75, 3.05) is 26.8 Å². The number of carboxylic acids is 1. The van der Waals surface area contributed by atoms with Gasteiger partial charge in [0, 0.05) is 20.3 Å². The standard InChI is InChI=1S/C9H17NO3/c1-13-6-2-5-10-7-9(3-4-9)8(11)12/h10H,2-7H2,1H3,(H,11,12). The SMILES string of the molecule is COCCCNCC1(C(=O)O)CC1. The average molecular weight is 187 g/mol. The van der Waals surface area contributed by atoms with E-state index in [1.807, 2.05) is 0 Å². The molecular formula is C9H17NO3. The summed E-state index contributed by atoms with van der Waals surface area (Å²) in [6.45, 7) is 2.17.